The van der Waals surface area contributed by atoms with Gasteiger partial charge in [0.05, 0.1) is 17.1 Å². The van der Waals surface area contributed by atoms with Crippen molar-refractivity contribution < 1.29 is 5.11 Å². The number of fused-ring (bicyclic) bond motifs is 2. The van der Waals surface area contributed by atoms with Gasteiger partial charge in [0.2, 0.25) is 0 Å². The molecule has 0 amide bonds. The standard InChI is InChI=1S/C25H21ClN2O2/c1-28-13-12-15-4-2-3-5-19(15)23(28)17-8-6-16(7-9-17)22-24(29)20-11-10-18(26)14-21(20)27-25(22)30/h2-11,14,23H,12-13H2,1H3,(H2,27,29,30). The fraction of sp³-hybridized carbons (Fsp3) is 0.160. The highest BCUT2D eigenvalue weighted by Gasteiger charge is 2.26. The molecule has 1 atom stereocenters. The van der Waals surface area contributed by atoms with Gasteiger partial charge >= 0.3 is 0 Å². The third kappa shape index (κ3) is 3.09. The largest absolute Gasteiger partial charge is 0.506 e. The first-order valence-corrected chi connectivity index (χ1v) is 10.3. The molecule has 150 valence electrons. The van der Waals surface area contributed by atoms with Crippen LogP contribution in [0.25, 0.3) is 22.0 Å². The van der Waals surface area contributed by atoms with E-state index in [9.17, 15) is 9.90 Å². The molecule has 0 aliphatic carbocycles. The maximum atomic E-state index is 12.7. The Morgan fingerprint density at radius 2 is 1.83 bits per heavy atom. The fourth-order valence-corrected chi connectivity index (χ4v) is 4.65. The predicted octanol–water partition coefficient (Wildman–Crippen LogP) is 5.13. The van der Waals surface area contributed by atoms with Gasteiger partial charge in [0, 0.05) is 17.0 Å². The van der Waals surface area contributed by atoms with Crippen molar-refractivity contribution >= 4 is 22.5 Å². The van der Waals surface area contributed by atoms with Crippen LogP contribution in [-0.4, -0.2) is 28.6 Å². The average Bonchev–Trinajstić information content (AvgIpc) is 2.74. The van der Waals surface area contributed by atoms with E-state index < -0.39 is 0 Å². The molecule has 4 nitrogen and oxygen atoms in total. The molecule has 0 saturated heterocycles. The second-order valence-electron chi connectivity index (χ2n) is 7.82. The number of nitrogens with one attached hydrogen (secondary N) is 1. The van der Waals surface area contributed by atoms with Crippen molar-refractivity contribution in [1.82, 2.24) is 9.88 Å². The average molecular weight is 417 g/mol. The van der Waals surface area contributed by atoms with E-state index in [0.29, 0.717) is 21.5 Å². The predicted molar refractivity (Wildman–Crippen MR) is 121 cm³/mol. The van der Waals surface area contributed by atoms with Crippen molar-refractivity contribution in [2.24, 2.45) is 0 Å². The molecule has 30 heavy (non-hydrogen) atoms. The molecule has 0 spiro atoms. The van der Waals surface area contributed by atoms with Gasteiger partial charge in [0.1, 0.15) is 5.75 Å². The van der Waals surface area contributed by atoms with E-state index in [2.05, 4.69) is 41.2 Å². The second-order valence-corrected chi connectivity index (χ2v) is 8.26. The van der Waals surface area contributed by atoms with Crippen molar-refractivity contribution in [1.29, 1.82) is 0 Å². The van der Waals surface area contributed by atoms with Crippen LogP contribution in [0.4, 0.5) is 0 Å². The summed E-state index contributed by atoms with van der Waals surface area (Å²) in [6, 6.07) is 21.7. The number of halogens is 1. The first kappa shape index (κ1) is 18.9. The molecule has 1 aromatic heterocycles. The molecule has 0 bridgehead atoms. The van der Waals surface area contributed by atoms with E-state index in [0.717, 1.165) is 18.5 Å². The van der Waals surface area contributed by atoms with Crippen LogP contribution in [0.1, 0.15) is 22.7 Å². The van der Waals surface area contributed by atoms with Gasteiger partial charge in [0.25, 0.3) is 5.56 Å². The summed E-state index contributed by atoms with van der Waals surface area (Å²) >= 11 is 6.01. The summed E-state index contributed by atoms with van der Waals surface area (Å²) in [5.74, 6) is -0.0294. The number of aromatic amines is 1. The van der Waals surface area contributed by atoms with Gasteiger partial charge in [-0.2, -0.15) is 0 Å². The van der Waals surface area contributed by atoms with E-state index in [-0.39, 0.29) is 22.9 Å². The number of aromatic nitrogens is 1. The quantitative estimate of drug-likeness (QED) is 0.476. The van der Waals surface area contributed by atoms with Crippen LogP contribution in [0.3, 0.4) is 0 Å². The lowest BCUT2D eigenvalue weighted by Crippen LogP contribution is -2.32. The molecule has 3 aromatic carbocycles. The van der Waals surface area contributed by atoms with Gasteiger partial charge in [-0.3, -0.25) is 9.69 Å². The highest BCUT2D eigenvalue weighted by molar-refractivity contribution is 6.31. The van der Waals surface area contributed by atoms with Gasteiger partial charge < -0.3 is 10.1 Å². The van der Waals surface area contributed by atoms with Gasteiger partial charge in [-0.1, -0.05) is 60.1 Å². The minimum atomic E-state index is -0.338. The summed E-state index contributed by atoms with van der Waals surface area (Å²) in [5, 5.41) is 11.9. The Bertz CT molecular complexity index is 1310. The lowest BCUT2D eigenvalue weighted by molar-refractivity contribution is 0.265. The summed E-state index contributed by atoms with van der Waals surface area (Å²) in [4.78, 5) is 17.9. The highest BCUT2D eigenvalue weighted by atomic mass is 35.5. The Balaban J connectivity index is 1.58. The Kier molecular flexibility index (Phi) is 4.61. The minimum absolute atomic E-state index is 0.0294. The molecule has 0 fully saturated rings. The normalized spacial score (nSPS) is 16.5. The third-order valence-corrected chi connectivity index (χ3v) is 6.22. The molecule has 0 saturated carbocycles. The van der Waals surface area contributed by atoms with Crippen LogP contribution < -0.4 is 5.56 Å². The van der Waals surface area contributed by atoms with Crippen LogP contribution in [0.15, 0.2) is 71.5 Å². The lowest BCUT2D eigenvalue weighted by Gasteiger charge is -2.35. The fourth-order valence-electron chi connectivity index (χ4n) is 4.48. The Morgan fingerprint density at radius 3 is 2.63 bits per heavy atom. The number of rotatable bonds is 2. The van der Waals surface area contributed by atoms with E-state index in [4.69, 9.17) is 11.6 Å². The monoisotopic (exact) mass is 416 g/mol. The first-order chi connectivity index (χ1) is 14.5. The maximum Gasteiger partial charge on any atom is 0.260 e. The van der Waals surface area contributed by atoms with Gasteiger partial charge in [-0.25, -0.2) is 0 Å². The van der Waals surface area contributed by atoms with E-state index in [1.165, 1.54) is 11.1 Å². The maximum absolute atomic E-state index is 12.7. The molecule has 5 heteroatoms. The Labute approximate surface area is 179 Å². The van der Waals surface area contributed by atoms with E-state index >= 15 is 0 Å². The van der Waals surface area contributed by atoms with Crippen molar-refractivity contribution in [2.45, 2.75) is 12.5 Å². The first-order valence-electron chi connectivity index (χ1n) is 9.96. The Hall–Kier alpha value is -3.08. The van der Waals surface area contributed by atoms with Crippen molar-refractivity contribution in [3.8, 4) is 16.9 Å². The molecular formula is C25H21ClN2O2. The zero-order chi connectivity index (χ0) is 20.8. The number of pyridine rings is 1. The number of H-pyrrole nitrogens is 1. The van der Waals surface area contributed by atoms with Crippen LogP contribution >= 0.6 is 11.6 Å². The van der Waals surface area contributed by atoms with Gasteiger partial charge in [-0.05, 0) is 53.9 Å². The lowest BCUT2D eigenvalue weighted by atomic mass is 9.88. The minimum Gasteiger partial charge on any atom is -0.506 e. The third-order valence-electron chi connectivity index (χ3n) is 5.99. The molecule has 5 rings (SSSR count). The number of benzene rings is 3. The topological polar surface area (TPSA) is 56.3 Å². The van der Waals surface area contributed by atoms with Crippen LogP contribution in [0.2, 0.25) is 5.02 Å². The van der Waals surface area contributed by atoms with Crippen molar-refractivity contribution in [3.63, 3.8) is 0 Å². The van der Waals surface area contributed by atoms with Gasteiger partial charge in [0.15, 0.2) is 0 Å². The molecular weight excluding hydrogens is 396 g/mol. The number of hydrogen-bond donors (Lipinski definition) is 2. The summed E-state index contributed by atoms with van der Waals surface area (Å²) in [6.45, 7) is 0.997. The van der Waals surface area contributed by atoms with Crippen molar-refractivity contribution in [2.75, 3.05) is 13.6 Å². The van der Waals surface area contributed by atoms with E-state index in [1.54, 1.807) is 18.2 Å². The Morgan fingerprint density at radius 1 is 1.07 bits per heavy atom. The van der Waals surface area contributed by atoms with Crippen molar-refractivity contribution in [3.05, 3.63) is 98.8 Å². The smallest absolute Gasteiger partial charge is 0.260 e. The zero-order valence-electron chi connectivity index (χ0n) is 16.5. The molecule has 4 aromatic rings. The highest BCUT2D eigenvalue weighted by Crippen LogP contribution is 2.37. The molecule has 1 aliphatic heterocycles. The molecule has 1 aliphatic rings. The summed E-state index contributed by atoms with van der Waals surface area (Å²) in [7, 11) is 2.14. The summed E-state index contributed by atoms with van der Waals surface area (Å²) < 4.78 is 0. The molecule has 2 heterocycles. The molecule has 0 radical (unpaired) electrons. The zero-order valence-corrected chi connectivity index (χ0v) is 17.3. The number of hydrogen-bond acceptors (Lipinski definition) is 3. The molecule has 2 N–H and O–H groups in total. The second kappa shape index (κ2) is 7.31. The summed E-state index contributed by atoms with van der Waals surface area (Å²) in [6.07, 6.45) is 1.05. The van der Waals surface area contributed by atoms with E-state index in [1.807, 2.05) is 24.3 Å². The number of aromatic hydroxyl groups is 1. The van der Waals surface area contributed by atoms with Gasteiger partial charge in [-0.15, -0.1) is 0 Å². The van der Waals surface area contributed by atoms with Crippen LogP contribution in [0.5, 0.6) is 5.75 Å². The summed E-state index contributed by atoms with van der Waals surface area (Å²) in [5.41, 5.74) is 5.00. The van der Waals surface area contributed by atoms with Crippen LogP contribution in [0, 0.1) is 0 Å². The number of nitrogens with zero attached hydrogens (tertiary/aromatic N) is 1. The number of likely N-dealkylation sites (N-methyl/N-ethyl adjacent to an activating group) is 1. The SMILES string of the molecule is CN1CCc2ccccc2C1c1ccc(-c2c(O)c3ccc(Cl)cc3[nH]c2=O)cc1. The van der Waals surface area contributed by atoms with Crippen LogP contribution in [-0.2, 0) is 6.42 Å². The molecule has 1 unspecified atom stereocenters.